The van der Waals surface area contributed by atoms with Gasteiger partial charge in [-0.05, 0) is 42.0 Å². The van der Waals surface area contributed by atoms with Crippen molar-refractivity contribution in [2.75, 3.05) is 12.1 Å². The standard InChI is InChI=1S/C21H20BrFN4O4/c1-31-19(28)11-16(12-3-2-4-13(22)9-12)25-21(30)17-10-18(20(24)29)27(26-17)15-7-5-14(23)6-8-15/h2-9,16,18H,10-11H2,1H3,(H2,24,29)(H,25,30). The molecule has 1 aliphatic rings. The average Bonchev–Trinajstić information content (AvgIpc) is 3.19. The van der Waals surface area contributed by atoms with Gasteiger partial charge in [-0.15, -0.1) is 0 Å². The molecule has 162 valence electrons. The number of nitrogens with two attached hydrogens (primary N) is 1. The first-order valence-corrected chi connectivity index (χ1v) is 10.1. The number of carbonyl (C=O) groups excluding carboxylic acids is 3. The summed E-state index contributed by atoms with van der Waals surface area (Å²) < 4.78 is 18.8. The second-order valence-electron chi connectivity index (χ2n) is 6.85. The van der Waals surface area contributed by atoms with Crippen LogP contribution >= 0.6 is 15.9 Å². The van der Waals surface area contributed by atoms with Crippen molar-refractivity contribution in [2.45, 2.75) is 24.9 Å². The minimum absolute atomic E-state index is 0.0258. The van der Waals surface area contributed by atoms with E-state index in [0.29, 0.717) is 11.3 Å². The summed E-state index contributed by atoms with van der Waals surface area (Å²) in [7, 11) is 1.27. The molecule has 1 heterocycles. The summed E-state index contributed by atoms with van der Waals surface area (Å²) in [6, 6.07) is 10.9. The Morgan fingerprint density at radius 1 is 1.29 bits per heavy atom. The molecule has 0 radical (unpaired) electrons. The van der Waals surface area contributed by atoms with Crippen molar-refractivity contribution in [3.05, 3.63) is 64.4 Å². The third-order valence-corrected chi connectivity index (χ3v) is 5.24. The zero-order valence-electron chi connectivity index (χ0n) is 16.5. The van der Waals surface area contributed by atoms with Crippen LogP contribution in [-0.2, 0) is 19.1 Å². The van der Waals surface area contributed by atoms with Crippen molar-refractivity contribution in [1.29, 1.82) is 0 Å². The lowest BCUT2D eigenvalue weighted by Gasteiger charge is -2.20. The third-order valence-electron chi connectivity index (χ3n) is 4.75. The van der Waals surface area contributed by atoms with E-state index in [4.69, 9.17) is 10.5 Å². The molecule has 0 saturated heterocycles. The minimum Gasteiger partial charge on any atom is -0.469 e. The number of ether oxygens (including phenoxy) is 1. The van der Waals surface area contributed by atoms with Crippen LogP contribution in [0.25, 0.3) is 0 Å². The molecule has 0 aromatic heterocycles. The van der Waals surface area contributed by atoms with Crippen LogP contribution in [0, 0.1) is 5.82 Å². The smallest absolute Gasteiger partial charge is 0.307 e. The quantitative estimate of drug-likeness (QED) is 0.578. The molecule has 2 amide bonds. The van der Waals surface area contributed by atoms with E-state index in [1.807, 2.05) is 6.07 Å². The Bertz CT molecular complexity index is 1030. The monoisotopic (exact) mass is 490 g/mol. The number of anilines is 1. The lowest BCUT2D eigenvalue weighted by Crippen LogP contribution is -2.40. The number of primary amides is 1. The molecule has 1 aliphatic heterocycles. The van der Waals surface area contributed by atoms with E-state index in [1.54, 1.807) is 18.2 Å². The first-order chi connectivity index (χ1) is 14.8. The molecule has 0 fully saturated rings. The molecule has 31 heavy (non-hydrogen) atoms. The van der Waals surface area contributed by atoms with Crippen LogP contribution < -0.4 is 16.1 Å². The van der Waals surface area contributed by atoms with E-state index in [9.17, 15) is 18.8 Å². The molecule has 2 aromatic rings. The summed E-state index contributed by atoms with van der Waals surface area (Å²) in [6.07, 6.45) is -0.116. The zero-order chi connectivity index (χ0) is 22.5. The summed E-state index contributed by atoms with van der Waals surface area (Å²) in [5.41, 5.74) is 6.66. The van der Waals surface area contributed by atoms with Crippen LogP contribution in [0.15, 0.2) is 58.1 Å². The van der Waals surface area contributed by atoms with Gasteiger partial charge in [0.05, 0.1) is 25.3 Å². The number of methoxy groups -OCH3 is 1. The number of esters is 1. The zero-order valence-corrected chi connectivity index (χ0v) is 18.1. The Hall–Kier alpha value is -3.27. The number of amides is 2. The number of nitrogens with zero attached hydrogens (tertiary/aromatic N) is 2. The Morgan fingerprint density at radius 3 is 2.61 bits per heavy atom. The van der Waals surface area contributed by atoms with Crippen LogP contribution in [-0.4, -0.2) is 36.6 Å². The normalized spacial score (nSPS) is 16.4. The molecule has 2 atom stereocenters. The molecule has 3 N–H and O–H groups in total. The van der Waals surface area contributed by atoms with Crippen LogP contribution in [0.2, 0.25) is 0 Å². The number of halogens is 2. The van der Waals surface area contributed by atoms with Gasteiger partial charge in [0, 0.05) is 10.9 Å². The largest absolute Gasteiger partial charge is 0.469 e. The summed E-state index contributed by atoms with van der Waals surface area (Å²) in [5, 5.41) is 8.32. The highest BCUT2D eigenvalue weighted by Gasteiger charge is 2.35. The van der Waals surface area contributed by atoms with Crippen molar-refractivity contribution in [1.82, 2.24) is 5.32 Å². The fourth-order valence-corrected chi connectivity index (χ4v) is 3.58. The van der Waals surface area contributed by atoms with Crippen molar-refractivity contribution in [3.63, 3.8) is 0 Å². The number of hydrogen-bond acceptors (Lipinski definition) is 6. The molecule has 10 heteroatoms. The number of rotatable bonds is 7. The maximum absolute atomic E-state index is 13.2. The number of nitrogens with one attached hydrogen (secondary N) is 1. The van der Waals surface area contributed by atoms with Gasteiger partial charge in [-0.1, -0.05) is 28.1 Å². The molecule has 0 aliphatic carbocycles. The average molecular weight is 491 g/mol. The molecule has 8 nitrogen and oxygen atoms in total. The Labute approximate surface area is 186 Å². The Kier molecular flexibility index (Phi) is 7.01. The lowest BCUT2D eigenvalue weighted by molar-refractivity contribution is -0.141. The number of hydrazone groups is 1. The van der Waals surface area contributed by atoms with Gasteiger partial charge < -0.3 is 15.8 Å². The van der Waals surface area contributed by atoms with Gasteiger partial charge in [0.15, 0.2) is 0 Å². The van der Waals surface area contributed by atoms with Gasteiger partial charge in [0.1, 0.15) is 17.6 Å². The van der Waals surface area contributed by atoms with E-state index >= 15 is 0 Å². The molecular formula is C21H20BrFN4O4. The van der Waals surface area contributed by atoms with Crippen molar-refractivity contribution in [3.8, 4) is 0 Å². The Balaban J connectivity index is 1.85. The molecule has 0 bridgehead atoms. The fourth-order valence-electron chi connectivity index (χ4n) is 3.17. The summed E-state index contributed by atoms with van der Waals surface area (Å²) >= 11 is 3.37. The molecule has 2 unspecified atom stereocenters. The third kappa shape index (κ3) is 5.46. The SMILES string of the molecule is COC(=O)CC(NC(=O)C1=NN(c2ccc(F)cc2)C(C(N)=O)C1)c1cccc(Br)c1. The molecular weight excluding hydrogens is 471 g/mol. The number of hydrogen-bond donors (Lipinski definition) is 2. The number of carbonyl (C=O) groups is 3. The second kappa shape index (κ2) is 9.69. The van der Waals surface area contributed by atoms with Gasteiger partial charge >= 0.3 is 5.97 Å². The first kappa shape index (κ1) is 22.4. The molecule has 3 rings (SSSR count). The highest BCUT2D eigenvalue weighted by atomic mass is 79.9. The lowest BCUT2D eigenvalue weighted by atomic mass is 10.0. The fraction of sp³-hybridized carbons (Fsp3) is 0.238. The van der Waals surface area contributed by atoms with Crippen LogP contribution in [0.1, 0.15) is 24.4 Å². The maximum atomic E-state index is 13.2. The second-order valence-corrected chi connectivity index (χ2v) is 7.77. The maximum Gasteiger partial charge on any atom is 0.307 e. The molecule has 0 saturated carbocycles. The first-order valence-electron chi connectivity index (χ1n) is 9.33. The van der Waals surface area contributed by atoms with Gasteiger partial charge in [0.2, 0.25) is 5.91 Å². The predicted molar refractivity (Wildman–Crippen MR) is 116 cm³/mol. The van der Waals surface area contributed by atoms with Crippen molar-refractivity contribution < 1.29 is 23.5 Å². The van der Waals surface area contributed by atoms with E-state index in [-0.39, 0.29) is 18.6 Å². The van der Waals surface area contributed by atoms with Crippen LogP contribution in [0.4, 0.5) is 10.1 Å². The summed E-state index contributed by atoms with van der Waals surface area (Å²) in [4.78, 5) is 36.7. The molecule has 0 spiro atoms. The van der Waals surface area contributed by atoms with Gasteiger partial charge in [-0.25, -0.2) is 4.39 Å². The predicted octanol–water partition coefficient (Wildman–Crippen LogP) is 2.43. The van der Waals surface area contributed by atoms with E-state index in [0.717, 1.165) is 4.47 Å². The van der Waals surface area contributed by atoms with Crippen molar-refractivity contribution >= 4 is 45.1 Å². The topological polar surface area (TPSA) is 114 Å². The van der Waals surface area contributed by atoms with Gasteiger partial charge in [-0.3, -0.25) is 19.4 Å². The van der Waals surface area contributed by atoms with Crippen LogP contribution in [0.3, 0.4) is 0 Å². The highest BCUT2D eigenvalue weighted by molar-refractivity contribution is 9.10. The number of benzene rings is 2. The van der Waals surface area contributed by atoms with E-state index < -0.39 is 35.7 Å². The minimum atomic E-state index is -0.892. The van der Waals surface area contributed by atoms with E-state index in [2.05, 4.69) is 26.3 Å². The van der Waals surface area contributed by atoms with Gasteiger partial charge in [0.25, 0.3) is 5.91 Å². The van der Waals surface area contributed by atoms with E-state index in [1.165, 1.54) is 36.4 Å². The Morgan fingerprint density at radius 2 is 2.00 bits per heavy atom. The summed E-state index contributed by atoms with van der Waals surface area (Å²) in [6.45, 7) is 0. The van der Waals surface area contributed by atoms with Crippen molar-refractivity contribution in [2.24, 2.45) is 10.8 Å². The van der Waals surface area contributed by atoms with Gasteiger partial charge in [-0.2, -0.15) is 5.10 Å². The van der Waals surface area contributed by atoms with Crippen LogP contribution in [0.5, 0.6) is 0 Å². The molecule has 2 aromatic carbocycles. The summed E-state index contributed by atoms with van der Waals surface area (Å²) in [5.74, 6) is -2.17. The highest BCUT2D eigenvalue weighted by Crippen LogP contribution is 2.26.